The number of nitrogens with zero attached hydrogens (tertiary/aromatic N) is 1. The second-order valence-corrected chi connectivity index (χ2v) is 4.30. The molecule has 2 N–H and O–H groups in total. The number of hydrogen-bond acceptors (Lipinski definition) is 4. The Bertz CT molecular complexity index is 525. The Kier molecular flexibility index (Phi) is 2.90. The summed E-state index contributed by atoms with van der Waals surface area (Å²) in [6, 6.07) is 8.20. The maximum absolute atomic E-state index is 5.35. The van der Waals surface area contributed by atoms with Crippen LogP contribution in [0.5, 0.6) is 11.5 Å². The SMILES string of the molecule is CC(NCc1ccc2c(c1)OCO2)c1ccn[nH]1. The number of H-pyrrole nitrogens is 1. The van der Waals surface area contributed by atoms with E-state index in [0.717, 1.165) is 23.7 Å². The van der Waals surface area contributed by atoms with E-state index in [-0.39, 0.29) is 6.04 Å². The van der Waals surface area contributed by atoms with E-state index >= 15 is 0 Å². The van der Waals surface area contributed by atoms with Gasteiger partial charge in [0, 0.05) is 18.8 Å². The molecule has 0 spiro atoms. The summed E-state index contributed by atoms with van der Waals surface area (Å²) in [4.78, 5) is 0. The highest BCUT2D eigenvalue weighted by molar-refractivity contribution is 5.44. The van der Waals surface area contributed by atoms with Crippen molar-refractivity contribution in [2.45, 2.75) is 19.5 Å². The van der Waals surface area contributed by atoms with Crippen molar-refractivity contribution in [3.63, 3.8) is 0 Å². The predicted molar refractivity (Wildman–Crippen MR) is 66.4 cm³/mol. The van der Waals surface area contributed by atoms with Crippen LogP contribution in [-0.4, -0.2) is 17.0 Å². The highest BCUT2D eigenvalue weighted by atomic mass is 16.7. The van der Waals surface area contributed by atoms with Crippen LogP contribution in [0, 0.1) is 0 Å². The lowest BCUT2D eigenvalue weighted by atomic mass is 10.1. The molecular formula is C13H15N3O2. The lowest BCUT2D eigenvalue weighted by molar-refractivity contribution is 0.174. The average molecular weight is 245 g/mol. The predicted octanol–water partition coefficient (Wildman–Crippen LogP) is 1.99. The van der Waals surface area contributed by atoms with Crippen LogP contribution in [-0.2, 0) is 6.54 Å². The van der Waals surface area contributed by atoms with Gasteiger partial charge in [-0.25, -0.2) is 0 Å². The normalized spacial score (nSPS) is 14.7. The summed E-state index contributed by atoms with van der Waals surface area (Å²) >= 11 is 0. The van der Waals surface area contributed by atoms with Crippen LogP contribution in [0.1, 0.15) is 24.2 Å². The Balaban J connectivity index is 1.63. The van der Waals surface area contributed by atoms with Gasteiger partial charge in [-0.2, -0.15) is 5.10 Å². The van der Waals surface area contributed by atoms with Gasteiger partial charge < -0.3 is 14.8 Å². The largest absolute Gasteiger partial charge is 0.454 e. The molecular weight excluding hydrogens is 230 g/mol. The number of benzene rings is 1. The molecule has 3 rings (SSSR count). The van der Waals surface area contributed by atoms with Crippen molar-refractivity contribution in [3.05, 3.63) is 41.7 Å². The number of rotatable bonds is 4. The molecule has 0 aliphatic carbocycles. The minimum atomic E-state index is 0.234. The fourth-order valence-corrected chi connectivity index (χ4v) is 1.94. The standard InChI is InChI=1S/C13H15N3O2/c1-9(11-4-5-15-16-11)14-7-10-2-3-12-13(6-10)18-8-17-12/h2-6,9,14H,7-8H2,1H3,(H,15,16). The molecule has 5 nitrogen and oxygen atoms in total. The van der Waals surface area contributed by atoms with E-state index in [1.54, 1.807) is 6.20 Å². The number of nitrogens with one attached hydrogen (secondary N) is 2. The molecule has 0 amide bonds. The van der Waals surface area contributed by atoms with Gasteiger partial charge in [0.1, 0.15) is 0 Å². The zero-order valence-corrected chi connectivity index (χ0v) is 10.1. The molecule has 0 saturated carbocycles. The third-order valence-electron chi connectivity index (χ3n) is 3.04. The molecule has 1 atom stereocenters. The van der Waals surface area contributed by atoms with Gasteiger partial charge in [0.2, 0.25) is 6.79 Å². The van der Waals surface area contributed by atoms with E-state index in [9.17, 15) is 0 Å². The van der Waals surface area contributed by atoms with E-state index in [1.165, 1.54) is 5.56 Å². The van der Waals surface area contributed by atoms with Crippen molar-refractivity contribution in [1.29, 1.82) is 0 Å². The lowest BCUT2D eigenvalue weighted by Gasteiger charge is -2.12. The van der Waals surface area contributed by atoms with Crippen molar-refractivity contribution in [1.82, 2.24) is 15.5 Å². The minimum Gasteiger partial charge on any atom is -0.454 e. The van der Waals surface area contributed by atoms with Crippen LogP contribution in [0.15, 0.2) is 30.5 Å². The third-order valence-corrected chi connectivity index (χ3v) is 3.04. The Morgan fingerprint density at radius 3 is 3.06 bits per heavy atom. The van der Waals surface area contributed by atoms with Gasteiger partial charge in [-0.1, -0.05) is 6.07 Å². The first-order valence-corrected chi connectivity index (χ1v) is 5.94. The summed E-state index contributed by atoms with van der Waals surface area (Å²) in [7, 11) is 0. The second-order valence-electron chi connectivity index (χ2n) is 4.30. The number of aromatic nitrogens is 2. The van der Waals surface area contributed by atoms with Crippen LogP contribution in [0.2, 0.25) is 0 Å². The molecule has 5 heteroatoms. The minimum absolute atomic E-state index is 0.234. The summed E-state index contributed by atoms with van der Waals surface area (Å²) in [6.07, 6.45) is 1.76. The number of ether oxygens (including phenoxy) is 2. The maximum atomic E-state index is 5.35. The molecule has 0 fully saturated rings. The van der Waals surface area contributed by atoms with E-state index in [1.807, 2.05) is 24.3 Å². The maximum Gasteiger partial charge on any atom is 0.231 e. The first kappa shape index (κ1) is 11.1. The van der Waals surface area contributed by atoms with Gasteiger partial charge >= 0.3 is 0 Å². The fourth-order valence-electron chi connectivity index (χ4n) is 1.94. The molecule has 0 saturated heterocycles. The Morgan fingerprint density at radius 2 is 2.22 bits per heavy atom. The number of aromatic amines is 1. The van der Waals surface area contributed by atoms with Crippen LogP contribution in [0.25, 0.3) is 0 Å². The Morgan fingerprint density at radius 1 is 1.33 bits per heavy atom. The second kappa shape index (κ2) is 4.70. The van der Waals surface area contributed by atoms with Crippen LogP contribution in [0.4, 0.5) is 0 Å². The van der Waals surface area contributed by atoms with Gasteiger partial charge in [-0.05, 0) is 30.7 Å². The molecule has 1 aliphatic heterocycles. The molecule has 94 valence electrons. The van der Waals surface area contributed by atoms with Crippen LogP contribution >= 0.6 is 0 Å². The van der Waals surface area contributed by atoms with Crippen molar-refractivity contribution in [2.24, 2.45) is 0 Å². The zero-order valence-electron chi connectivity index (χ0n) is 10.1. The van der Waals surface area contributed by atoms with Gasteiger partial charge in [0.15, 0.2) is 11.5 Å². The van der Waals surface area contributed by atoms with Gasteiger partial charge in [0.05, 0.1) is 5.69 Å². The molecule has 0 bridgehead atoms. The quantitative estimate of drug-likeness (QED) is 0.864. The summed E-state index contributed by atoms with van der Waals surface area (Å²) in [5, 5.41) is 10.3. The van der Waals surface area contributed by atoms with Gasteiger partial charge in [-0.15, -0.1) is 0 Å². The first-order chi connectivity index (χ1) is 8.83. The third kappa shape index (κ3) is 2.17. The molecule has 2 aromatic rings. The average Bonchev–Trinajstić information content (AvgIpc) is 3.05. The van der Waals surface area contributed by atoms with E-state index in [2.05, 4.69) is 22.4 Å². The summed E-state index contributed by atoms with van der Waals surface area (Å²) < 4.78 is 10.6. The smallest absolute Gasteiger partial charge is 0.231 e. The summed E-state index contributed by atoms with van der Waals surface area (Å²) in [6.45, 7) is 3.19. The Labute approximate surface area is 105 Å². The topological polar surface area (TPSA) is 59.2 Å². The highest BCUT2D eigenvalue weighted by Crippen LogP contribution is 2.32. The van der Waals surface area contributed by atoms with Gasteiger partial charge in [-0.3, -0.25) is 5.10 Å². The first-order valence-electron chi connectivity index (χ1n) is 5.94. The molecule has 1 aromatic heterocycles. The zero-order chi connectivity index (χ0) is 12.4. The highest BCUT2D eigenvalue weighted by Gasteiger charge is 2.13. The van der Waals surface area contributed by atoms with Crippen molar-refractivity contribution >= 4 is 0 Å². The van der Waals surface area contributed by atoms with Gasteiger partial charge in [0.25, 0.3) is 0 Å². The lowest BCUT2D eigenvalue weighted by Crippen LogP contribution is -2.18. The molecule has 0 radical (unpaired) electrons. The van der Waals surface area contributed by atoms with Crippen molar-refractivity contribution in [2.75, 3.05) is 6.79 Å². The monoisotopic (exact) mass is 245 g/mol. The number of hydrogen-bond donors (Lipinski definition) is 2. The van der Waals surface area contributed by atoms with Crippen LogP contribution in [0.3, 0.4) is 0 Å². The number of fused-ring (bicyclic) bond motifs is 1. The molecule has 18 heavy (non-hydrogen) atoms. The van der Waals surface area contributed by atoms with E-state index in [4.69, 9.17) is 9.47 Å². The molecule has 1 aromatic carbocycles. The molecule has 1 unspecified atom stereocenters. The van der Waals surface area contributed by atoms with E-state index in [0.29, 0.717) is 6.79 Å². The van der Waals surface area contributed by atoms with Crippen molar-refractivity contribution < 1.29 is 9.47 Å². The van der Waals surface area contributed by atoms with Crippen molar-refractivity contribution in [3.8, 4) is 11.5 Å². The Hall–Kier alpha value is -2.01. The summed E-state index contributed by atoms with van der Waals surface area (Å²) in [5.74, 6) is 1.64. The molecule has 1 aliphatic rings. The van der Waals surface area contributed by atoms with E-state index < -0.39 is 0 Å². The van der Waals surface area contributed by atoms with Crippen LogP contribution < -0.4 is 14.8 Å². The molecule has 2 heterocycles. The fraction of sp³-hybridized carbons (Fsp3) is 0.308. The summed E-state index contributed by atoms with van der Waals surface area (Å²) in [5.41, 5.74) is 2.25.